The number of non-ortho nitro benzene ring substituents is 1. The molecule has 1 amide bonds. The Hall–Kier alpha value is -3.71. The first-order chi connectivity index (χ1) is 13.4. The van der Waals surface area contributed by atoms with Crippen LogP contribution in [0.4, 0.5) is 11.4 Å². The van der Waals surface area contributed by atoms with Crippen molar-refractivity contribution in [2.45, 2.75) is 0 Å². The van der Waals surface area contributed by atoms with Gasteiger partial charge in [0, 0.05) is 29.4 Å². The summed E-state index contributed by atoms with van der Waals surface area (Å²) in [5.41, 5.74) is 0.635. The van der Waals surface area contributed by atoms with Crippen LogP contribution >= 0.6 is 11.6 Å². The van der Waals surface area contributed by atoms with Crippen molar-refractivity contribution in [2.75, 3.05) is 5.32 Å². The number of carbonyl (C=O) groups is 1. The van der Waals surface area contributed by atoms with Gasteiger partial charge in [-0.25, -0.2) is 0 Å². The smallest absolute Gasteiger partial charge is 0.270 e. The van der Waals surface area contributed by atoms with Crippen molar-refractivity contribution in [1.82, 2.24) is 0 Å². The third kappa shape index (κ3) is 3.08. The zero-order chi connectivity index (χ0) is 19.8. The molecular weight excluding hydrogens is 384 g/mol. The Morgan fingerprint density at radius 1 is 1.04 bits per heavy atom. The summed E-state index contributed by atoms with van der Waals surface area (Å²) in [4.78, 5) is 35.3. The topological polar surface area (TPSA) is 102 Å². The Morgan fingerprint density at radius 3 is 2.61 bits per heavy atom. The molecule has 1 aromatic heterocycles. The number of para-hydroxylation sites is 1. The van der Waals surface area contributed by atoms with Crippen LogP contribution in [0.2, 0.25) is 5.02 Å². The summed E-state index contributed by atoms with van der Waals surface area (Å²) < 4.78 is 5.76. The molecule has 0 saturated carbocycles. The number of halogens is 1. The molecule has 0 unspecified atom stereocenters. The van der Waals surface area contributed by atoms with E-state index in [2.05, 4.69) is 5.32 Å². The van der Waals surface area contributed by atoms with Gasteiger partial charge in [-0.3, -0.25) is 19.7 Å². The lowest BCUT2D eigenvalue weighted by atomic mass is 10.1. The van der Waals surface area contributed by atoms with Crippen LogP contribution in [0.1, 0.15) is 10.4 Å². The number of nitrogens with zero attached hydrogens (tertiary/aromatic N) is 1. The van der Waals surface area contributed by atoms with Gasteiger partial charge in [-0.2, -0.15) is 0 Å². The molecule has 1 N–H and O–H groups in total. The van der Waals surface area contributed by atoms with Crippen molar-refractivity contribution in [3.8, 4) is 0 Å². The van der Waals surface area contributed by atoms with E-state index >= 15 is 0 Å². The van der Waals surface area contributed by atoms with Gasteiger partial charge in [0.15, 0.2) is 5.58 Å². The minimum Gasteiger partial charge on any atom is -0.454 e. The maximum absolute atomic E-state index is 12.6. The number of nitro groups is 1. The van der Waals surface area contributed by atoms with Crippen LogP contribution in [0.25, 0.3) is 21.9 Å². The Labute approximate surface area is 162 Å². The molecule has 3 aromatic carbocycles. The monoisotopic (exact) mass is 394 g/mol. The number of fused-ring (bicyclic) bond motifs is 2. The van der Waals surface area contributed by atoms with Gasteiger partial charge in [0.1, 0.15) is 5.58 Å². The number of nitro benzene ring substituents is 1. The Balaban J connectivity index is 1.74. The molecule has 138 valence electrons. The minimum atomic E-state index is -0.573. The molecule has 4 aromatic rings. The highest BCUT2D eigenvalue weighted by Crippen LogP contribution is 2.26. The minimum absolute atomic E-state index is 0.136. The van der Waals surface area contributed by atoms with E-state index in [-0.39, 0.29) is 27.8 Å². The normalized spacial score (nSPS) is 10.9. The number of rotatable bonds is 3. The first kappa shape index (κ1) is 17.7. The summed E-state index contributed by atoms with van der Waals surface area (Å²) in [5.74, 6) is -0.524. The molecule has 0 saturated heterocycles. The highest BCUT2D eigenvalue weighted by Gasteiger charge is 2.14. The van der Waals surface area contributed by atoms with Crippen LogP contribution < -0.4 is 10.7 Å². The van der Waals surface area contributed by atoms with E-state index in [9.17, 15) is 19.7 Å². The van der Waals surface area contributed by atoms with Gasteiger partial charge in [0.05, 0.1) is 20.7 Å². The second-order valence-corrected chi connectivity index (χ2v) is 6.43. The van der Waals surface area contributed by atoms with Gasteiger partial charge in [-0.15, -0.1) is 0 Å². The highest BCUT2D eigenvalue weighted by molar-refractivity contribution is 6.34. The standard InChI is InChI=1S/C20H11ClN2O5/c21-16-6-2-5-15-18(24)14-8-7-12(10-17(14)28-19(15)16)22-20(25)11-3-1-4-13(9-11)23(26)27/h1-10H,(H,22,25). The van der Waals surface area contributed by atoms with E-state index in [0.29, 0.717) is 21.5 Å². The predicted octanol–water partition coefficient (Wildman–Crippen LogP) is 4.76. The van der Waals surface area contributed by atoms with Crippen molar-refractivity contribution in [3.63, 3.8) is 0 Å². The lowest BCUT2D eigenvalue weighted by Crippen LogP contribution is -2.12. The van der Waals surface area contributed by atoms with Gasteiger partial charge >= 0.3 is 0 Å². The van der Waals surface area contributed by atoms with Crippen molar-refractivity contribution in [3.05, 3.63) is 91.6 Å². The number of nitrogens with one attached hydrogen (secondary N) is 1. The first-order valence-electron chi connectivity index (χ1n) is 8.15. The van der Waals surface area contributed by atoms with Crippen molar-refractivity contribution >= 4 is 50.8 Å². The van der Waals surface area contributed by atoms with E-state index in [1.165, 1.54) is 30.3 Å². The van der Waals surface area contributed by atoms with Gasteiger partial charge in [-0.05, 0) is 30.3 Å². The molecule has 0 radical (unpaired) electrons. The summed E-state index contributed by atoms with van der Waals surface area (Å²) in [6, 6.07) is 14.9. The zero-order valence-corrected chi connectivity index (χ0v) is 14.9. The fourth-order valence-corrected chi connectivity index (χ4v) is 3.10. The molecule has 0 aliphatic carbocycles. The number of amides is 1. The molecule has 4 rings (SSSR count). The van der Waals surface area contributed by atoms with E-state index in [1.54, 1.807) is 30.3 Å². The number of hydrogen-bond acceptors (Lipinski definition) is 5. The van der Waals surface area contributed by atoms with Crippen molar-refractivity contribution in [1.29, 1.82) is 0 Å². The molecule has 28 heavy (non-hydrogen) atoms. The number of carbonyl (C=O) groups excluding carboxylic acids is 1. The fourth-order valence-electron chi connectivity index (χ4n) is 2.88. The number of benzene rings is 3. The molecule has 8 heteroatoms. The second-order valence-electron chi connectivity index (χ2n) is 6.02. The van der Waals surface area contributed by atoms with E-state index < -0.39 is 10.8 Å². The molecule has 7 nitrogen and oxygen atoms in total. The summed E-state index contributed by atoms with van der Waals surface area (Å²) in [7, 11) is 0. The molecule has 0 aliphatic heterocycles. The third-order valence-corrected chi connectivity index (χ3v) is 4.52. The Morgan fingerprint density at radius 2 is 1.82 bits per heavy atom. The Kier molecular flexibility index (Phi) is 4.29. The van der Waals surface area contributed by atoms with Gasteiger partial charge in [0.2, 0.25) is 5.43 Å². The lowest BCUT2D eigenvalue weighted by molar-refractivity contribution is -0.384. The summed E-state index contributed by atoms with van der Waals surface area (Å²) in [6.45, 7) is 0. The van der Waals surface area contributed by atoms with Crippen LogP contribution in [0.5, 0.6) is 0 Å². The largest absolute Gasteiger partial charge is 0.454 e. The SMILES string of the molecule is O=C(Nc1ccc2c(=O)c3cccc(Cl)c3oc2c1)c1cccc([N+](=O)[O-])c1. The molecule has 0 aliphatic rings. The van der Waals surface area contributed by atoms with Crippen LogP contribution in [0.15, 0.2) is 69.9 Å². The third-order valence-electron chi connectivity index (χ3n) is 4.23. The van der Waals surface area contributed by atoms with Gasteiger partial charge in [-0.1, -0.05) is 23.7 Å². The van der Waals surface area contributed by atoms with Crippen LogP contribution in [-0.2, 0) is 0 Å². The van der Waals surface area contributed by atoms with E-state index in [0.717, 1.165) is 0 Å². The van der Waals surface area contributed by atoms with Crippen LogP contribution in [0, 0.1) is 10.1 Å². The highest BCUT2D eigenvalue weighted by atomic mass is 35.5. The summed E-state index contributed by atoms with van der Waals surface area (Å²) in [5, 5.41) is 14.5. The molecule has 0 fully saturated rings. The average Bonchev–Trinajstić information content (AvgIpc) is 2.69. The van der Waals surface area contributed by atoms with Crippen LogP contribution in [0.3, 0.4) is 0 Å². The molecule has 0 spiro atoms. The number of anilines is 1. The fraction of sp³-hybridized carbons (Fsp3) is 0. The summed E-state index contributed by atoms with van der Waals surface area (Å²) in [6.07, 6.45) is 0. The van der Waals surface area contributed by atoms with Crippen LogP contribution in [-0.4, -0.2) is 10.8 Å². The van der Waals surface area contributed by atoms with Crippen molar-refractivity contribution in [2.24, 2.45) is 0 Å². The average molecular weight is 395 g/mol. The lowest BCUT2D eigenvalue weighted by Gasteiger charge is -2.07. The first-order valence-corrected chi connectivity index (χ1v) is 8.53. The summed E-state index contributed by atoms with van der Waals surface area (Å²) >= 11 is 6.12. The predicted molar refractivity (Wildman–Crippen MR) is 106 cm³/mol. The second kappa shape index (κ2) is 6.79. The van der Waals surface area contributed by atoms with Crippen molar-refractivity contribution < 1.29 is 14.1 Å². The Bertz CT molecular complexity index is 1330. The van der Waals surface area contributed by atoms with E-state index in [1.807, 2.05) is 0 Å². The molecule has 0 atom stereocenters. The van der Waals surface area contributed by atoms with Gasteiger partial charge < -0.3 is 9.73 Å². The van der Waals surface area contributed by atoms with E-state index in [4.69, 9.17) is 16.0 Å². The molecule has 0 bridgehead atoms. The quantitative estimate of drug-likeness (QED) is 0.306. The van der Waals surface area contributed by atoms with Gasteiger partial charge in [0.25, 0.3) is 11.6 Å². The maximum atomic E-state index is 12.6. The zero-order valence-electron chi connectivity index (χ0n) is 14.1. The molecular formula is C20H11ClN2O5. The maximum Gasteiger partial charge on any atom is 0.270 e. The number of hydrogen-bond donors (Lipinski definition) is 1. The molecule has 1 heterocycles.